The number of rotatable bonds is 5. The second-order valence-electron chi connectivity index (χ2n) is 5.88. The minimum atomic E-state index is 0.494. The Labute approximate surface area is 125 Å². The van der Waals surface area contributed by atoms with E-state index in [1.807, 2.05) is 6.92 Å². The summed E-state index contributed by atoms with van der Waals surface area (Å²) in [5, 5.41) is 11.7. The average Bonchev–Trinajstić information content (AvgIpc) is 3.00. The summed E-state index contributed by atoms with van der Waals surface area (Å²) in [6, 6.07) is 0.494. The second kappa shape index (κ2) is 6.43. The SMILES string of the molecule is CCCNC1CCCCc2cn(Cc3nnc(C)o3)cc21. The van der Waals surface area contributed by atoms with Crippen LogP contribution in [-0.4, -0.2) is 21.3 Å². The molecule has 1 N–H and O–H groups in total. The molecule has 2 aromatic heterocycles. The molecule has 0 spiro atoms. The van der Waals surface area contributed by atoms with Gasteiger partial charge >= 0.3 is 0 Å². The molecule has 1 aliphatic rings. The highest BCUT2D eigenvalue weighted by Crippen LogP contribution is 2.29. The molecule has 1 unspecified atom stereocenters. The molecular weight excluding hydrogens is 264 g/mol. The summed E-state index contributed by atoms with van der Waals surface area (Å²) in [7, 11) is 0. The topological polar surface area (TPSA) is 55.9 Å². The molecule has 0 fully saturated rings. The van der Waals surface area contributed by atoms with Crippen LogP contribution in [0.25, 0.3) is 0 Å². The van der Waals surface area contributed by atoms with E-state index in [4.69, 9.17) is 4.42 Å². The largest absolute Gasteiger partial charge is 0.424 e. The Balaban J connectivity index is 1.79. The lowest BCUT2D eigenvalue weighted by molar-refractivity contribution is 0.453. The van der Waals surface area contributed by atoms with Crippen molar-refractivity contribution in [2.75, 3.05) is 6.54 Å². The van der Waals surface area contributed by atoms with E-state index in [-0.39, 0.29) is 0 Å². The third-order valence-electron chi connectivity index (χ3n) is 4.09. The predicted molar refractivity (Wildman–Crippen MR) is 81.2 cm³/mol. The van der Waals surface area contributed by atoms with E-state index in [0.29, 0.717) is 24.4 Å². The lowest BCUT2D eigenvalue weighted by Gasteiger charge is -2.16. The molecule has 0 radical (unpaired) electrons. The van der Waals surface area contributed by atoms with Crippen LogP contribution in [0.1, 0.15) is 61.6 Å². The molecule has 2 heterocycles. The Hall–Kier alpha value is -1.62. The molecule has 0 bridgehead atoms. The minimum absolute atomic E-state index is 0.494. The van der Waals surface area contributed by atoms with Gasteiger partial charge in [0, 0.05) is 25.4 Å². The third kappa shape index (κ3) is 3.35. The highest BCUT2D eigenvalue weighted by Gasteiger charge is 2.20. The van der Waals surface area contributed by atoms with Crippen LogP contribution in [0.5, 0.6) is 0 Å². The molecule has 0 amide bonds. The van der Waals surface area contributed by atoms with Crippen molar-refractivity contribution in [3.8, 4) is 0 Å². The Morgan fingerprint density at radius 1 is 1.33 bits per heavy atom. The van der Waals surface area contributed by atoms with Gasteiger partial charge < -0.3 is 14.3 Å². The molecule has 0 saturated heterocycles. The number of hydrogen-bond donors (Lipinski definition) is 1. The van der Waals surface area contributed by atoms with Crippen LogP contribution in [0.15, 0.2) is 16.8 Å². The van der Waals surface area contributed by atoms with E-state index in [1.54, 1.807) is 0 Å². The normalized spacial score (nSPS) is 18.5. The molecule has 0 aromatic carbocycles. The van der Waals surface area contributed by atoms with Crippen LogP contribution in [0.2, 0.25) is 0 Å². The van der Waals surface area contributed by atoms with Gasteiger partial charge in [-0.3, -0.25) is 0 Å². The number of fused-ring (bicyclic) bond motifs is 1. The Morgan fingerprint density at radius 2 is 2.24 bits per heavy atom. The van der Waals surface area contributed by atoms with Crippen molar-refractivity contribution in [1.82, 2.24) is 20.1 Å². The van der Waals surface area contributed by atoms with Gasteiger partial charge in [-0.1, -0.05) is 13.3 Å². The monoisotopic (exact) mass is 288 g/mol. The molecule has 1 aliphatic carbocycles. The van der Waals surface area contributed by atoms with Crippen molar-refractivity contribution in [3.05, 3.63) is 35.3 Å². The van der Waals surface area contributed by atoms with Crippen LogP contribution in [-0.2, 0) is 13.0 Å². The lowest BCUT2D eigenvalue weighted by atomic mass is 10.0. The summed E-state index contributed by atoms with van der Waals surface area (Å²) in [5.74, 6) is 1.30. The fourth-order valence-electron chi connectivity index (χ4n) is 3.10. The molecule has 0 saturated carbocycles. The van der Waals surface area contributed by atoms with Gasteiger partial charge in [-0.2, -0.15) is 0 Å². The molecule has 1 atom stereocenters. The van der Waals surface area contributed by atoms with Gasteiger partial charge in [-0.15, -0.1) is 10.2 Å². The van der Waals surface area contributed by atoms with Crippen LogP contribution in [0.4, 0.5) is 0 Å². The van der Waals surface area contributed by atoms with Gasteiger partial charge in [0.15, 0.2) is 0 Å². The molecular formula is C16H24N4O. The van der Waals surface area contributed by atoms with Gasteiger partial charge in [0.25, 0.3) is 0 Å². The smallest absolute Gasteiger partial charge is 0.236 e. The quantitative estimate of drug-likeness (QED) is 0.859. The maximum Gasteiger partial charge on any atom is 0.236 e. The molecule has 5 heteroatoms. The van der Waals surface area contributed by atoms with Crippen molar-refractivity contribution in [1.29, 1.82) is 0 Å². The van der Waals surface area contributed by atoms with E-state index in [0.717, 1.165) is 6.54 Å². The first-order valence-electron chi connectivity index (χ1n) is 7.97. The van der Waals surface area contributed by atoms with E-state index >= 15 is 0 Å². The Kier molecular flexibility index (Phi) is 4.39. The summed E-state index contributed by atoms with van der Waals surface area (Å²) < 4.78 is 7.66. The first-order valence-corrected chi connectivity index (χ1v) is 7.97. The zero-order valence-corrected chi connectivity index (χ0v) is 12.9. The zero-order valence-electron chi connectivity index (χ0n) is 12.9. The standard InChI is InChI=1S/C16H24N4O/c1-3-8-17-15-7-5-4-6-13-9-20(10-14(13)15)11-16-19-18-12(2)21-16/h9-10,15,17H,3-8,11H2,1-2H3. The number of nitrogens with one attached hydrogen (secondary N) is 1. The van der Waals surface area contributed by atoms with Crippen LogP contribution < -0.4 is 5.32 Å². The van der Waals surface area contributed by atoms with Gasteiger partial charge in [0.05, 0.1) is 0 Å². The maximum absolute atomic E-state index is 5.48. The summed E-state index contributed by atoms with van der Waals surface area (Å²) in [6.07, 6.45) is 10.7. The van der Waals surface area contributed by atoms with Crippen molar-refractivity contribution in [2.45, 2.75) is 58.5 Å². The van der Waals surface area contributed by atoms with Gasteiger partial charge in [0.1, 0.15) is 6.54 Å². The number of aryl methyl sites for hydroxylation is 2. The first kappa shape index (κ1) is 14.3. The fraction of sp³-hybridized carbons (Fsp3) is 0.625. The molecule has 2 aromatic rings. The van der Waals surface area contributed by atoms with E-state index in [9.17, 15) is 0 Å². The van der Waals surface area contributed by atoms with Crippen LogP contribution in [0, 0.1) is 6.92 Å². The summed E-state index contributed by atoms with van der Waals surface area (Å²) in [4.78, 5) is 0. The number of aromatic nitrogens is 3. The Morgan fingerprint density at radius 3 is 3.00 bits per heavy atom. The van der Waals surface area contributed by atoms with Crippen molar-refractivity contribution < 1.29 is 4.42 Å². The number of nitrogens with zero attached hydrogens (tertiary/aromatic N) is 3. The van der Waals surface area contributed by atoms with Crippen LogP contribution in [0.3, 0.4) is 0 Å². The zero-order chi connectivity index (χ0) is 14.7. The summed E-state index contributed by atoms with van der Waals surface area (Å²) in [5.41, 5.74) is 2.93. The van der Waals surface area contributed by atoms with E-state index in [1.165, 1.54) is 43.2 Å². The molecule has 0 aliphatic heterocycles. The fourth-order valence-corrected chi connectivity index (χ4v) is 3.10. The molecule has 21 heavy (non-hydrogen) atoms. The summed E-state index contributed by atoms with van der Waals surface area (Å²) in [6.45, 7) is 5.78. The van der Waals surface area contributed by atoms with E-state index < -0.39 is 0 Å². The third-order valence-corrected chi connectivity index (χ3v) is 4.09. The van der Waals surface area contributed by atoms with Gasteiger partial charge in [-0.05, 0) is 43.4 Å². The second-order valence-corrected chi connectivity index (χ2v) is 5.88. The van der Waals surface area contributed by atoms with Crippen molar-refractivity contribution in [2.24, 2.45) is 0 Å². The Bertz CT molecular complexity index is 587. The minimum Gasteiger partial charge on any atom is -0.424 e. The lowest BCUT2D eigenvalue weighted by Crippen LogP contribution is -2.21. The van der Waals surface area contributed by atoms with Crippen molar-refractivity contribution in [3.63, 3.8) is 0 Å². The van der Waals surface area contributed by atoms with Crippen LogP contribution >= 0.6 is 0 Å². The summed E-state index contributed by atoms with van der Waals surface area (Å²) >= 11 is 0. The average molecular weight is 288 g/mol. The highest BCUT2D eigenvalue weighted by atomic mass is 16.4. The van der Waals surface area contributed by atoms with E-state index in [2.05, 4.69) is 39.4 Å². The maximum atomic E-state index is 5.48. The van der Waals surface area contributed by atoms with Gasteiger partial charge in [-0.25, -0.2) is 0 Å². The number of hydrogen-bond acceptors (Lipinski definition) is 4. The molecule has 114 valence electrons. The molecule has 3 rings (SSSR count). The first-order chi connectivity index (χ1) is 10.3. The van der Waals surface area contributed by atoms with Crippen molar-refractivity contribution >= 4 is 0 Å². The molecule has 5 nitrogen and oxygen atoms in total. The van der Waals surface area contributed by atoms with Gasteiger partial charge in [0.2, 0.25) is 11.8 Å². The predicted octanol–water partition coefficient (Wildman–Crippen LogP) is 2.99. The highest BCUT2D eigenvalue weighted by molar-refractivity contribution is 5.29.